The van der Waals surface area contributed by atoms with Crippen molar-refractivity contribution >= 4 is 19.5 Å². The van der Waals surface area contributed by atoms with Crippen LogP contribution in [-0.2, 0) is 34.5 Å². The van der Waals surface area contributed by atoms with Crippen molar-refractivity contribution in [3.8, 4) is 5.75 Å². The second kappa shape index (κ2) is 8.03. The Morgan fingerprint density at radius 1 is 1.32 bits per heavy atom. The van der Waals surface area contributed by atoms with Crippen molar-refractivity contribution in [3.63, 3.8) is 0 Å². The molecule has 1 unspecified atom stereocenters. The van der Waals surface area contributed by atoms with E-state index in [1.165, 1.54) is 6.07 Å². The summed E-state index contributed by atoms with van der Waals surface area (Å²) >= 11 is 0. The highest BCUT2D eigenvalue weighted by molar-refractivity contribution is 7.49. The van der Waals surface area contributed by atoms with Crippen molar-refractivity contribution in [1.82, 2.24) is 4.90 Å². The number of aliphatic hydroxyl groups excluding tert-OH is 1. The van der Waals surface area contributed by atoms with E-state index in [0.29, 0.717) is 10.5 Å². The van der Waals surface area contributed by atoms with Crippen LogP contribution in [-0.4, -0.2) is 58.8 Å². The van der Waals surface area contributed by atoms with Crippen molar-refractivity contribution in [1.29, 1.82) is 0 Å². The molecule has 0 bridgehead atoms. The Balaban J connectivity index is 1.54. The number of nitrogens with zero attached hydrogens (tertiary/aromatic N) is 1. The molecule has 31 heavy (non-hydrogen) atoms. The molecule has 168 valence electrons. The number of ketones is 1. The number of carbonyl (C=O) groups is 2. The molecular formula is C18H17F3NO8P. The van der Waals surface area contributed by atoms with Gasteiger partial charge >= 0.3 is 7.82 Å². The normalized spacial score (nSPS) is 35.4. The number of hydrogen-bond acceptors (Lipinski definition) is 8. The van der Waals surface area contributed by atoms with E-state index in [9.17, 15) is 32.4 Å². The maximum absolute atomic E-state index is 14.7. The fourth-order valence-corrected chi connectivity index (χ4v) is 4.64. The molecule has 4 rings (SSSR count). The van der Waals surface area contributed by atoms with Gasteiger partial charge in [-0.3, -0.25) is 23.5 Å². The Bertz CT molecular complexity index is 975. The standard InChI is InChI=1S/C18H17F3NO8P/c19-14-15(25)18(17(20)21,29-16(14)22-6-5-11(23)7-13(22)24)9-28-31(26)27-8-10-3-1-2-4-12(10)30-31/h1-6,14-17,25H,7-9H2/t14-,15-,16+,18+,31?/m0/s1. The second-order valence-electron chi connectivity index (χ2n) is 7.11. The lowest BCUT2D eigenvalue weighted by molar-refractivity contribution is -0.200. The average molecular weight is 463 g/mol. The molecule has 9 nitrogen and oxygen atoms in total. The molecule has 0 spiro atoms. The maximum Gasteiger partial charge on any atom is 0.530 e. The van der Waals surface area contributed by atoms with Crippen LogP contribution in [0.2, 0.25) is 0 Å². The average Bonchev–Trinajstić information content (AvgIpc) is 2.98. The highest BCUT2D eigenvalue weighted by atomic mass is 31.2. The first-order chi connectivity index (χ1) is 14.7. The van der Waals surface area contributed by atoms with Crippen molar-refractivity contribution in [3.05, 3.63) is 42.1 Å². The van der Waals surface area contributed by atoms with E-state index < -0.39 is 63.1 Å². The Hall–Kier alpha value is -2.24. The molecule has 0 aliphatic carbocycles. The number of amides is 1. The minimum absolute atomic E-state index is 0.158. The van der Waals surface area contributed by atoms with Gasteiger partial charge in [-0.1, -0.05) is 18.2 Å². The Morgan fingerprint density at radius 2 is 2.06 bits per heavy atom. The third-order valence-corrected chi connectivity index (χ3v) is 6.41. The van der Waals surface area contributed by atoms with Gasteiger partial charge in [-0.15, -0.1) is 0 Å². The van der Waals surface area contributed by atoms with Gasteiger partial charge in [-0.05, 0) is 12.1 Å². The van der Waals surface area contributed by atoms with Crippen LogP contribution in [0, 0.1) is 0 Å². The Kier molecular flexibility index (Phi) is 5.69. The number of phosphoric ester groups is 1. The number of aliphatic hydroxyl groups is 1. The Morgan fingerprint density at radius 3 is 2.77 bits per heavy atom. The van der Waals surface area contributed by atoms with Crippen LogP contribution in [0.15, 0.2) is 36.5 Å². The molecule has 5 atom stereocenters. The van der Waals surface area contributed by atoms with E-state index in [2.05, 4.69) is 0 Å². The molecule has 3 aliphatic rings. The lowest BCUT2D eigenvalue weighted by atomic mass is 9.97. The smallest absolute Gasteiger partial charge is 0.404 e. The van der Waals surface area contributed by atoms with Crippen LogP contribution in [0.4, 0.5) is 13.2 Å². The summed E-state index contributed by atoms with van der Waals surface area (Å²) < 4.78 is 75.6. The first-order valence-electron chi connectivity index (χ1n) is 9.12. The molecule has 1 saturated heterocycles. The first-order valence-corrected chi connectivity index (χ1v) is 10.6. The number of halogens is 3. The number of allylic oxidation sites excluding steroid dienone is 1. The van der Waals surface area contributed by atoms with E-state index in [4.69, 9.17) is 18.3 Å². The van der Waals surface area contributed by atoms with E-state index in [1.807, 2.05) is 0 Å². The van der Waals surface area contributed by atoms with Gasteiger partial charge in [0, 0.05) is 11.8 Å². The summed E-state index contributed by atoms with van der Waals surface area (Å²) in [6.45, 7) is -1.44. The number of fused-ring (bicyclic) bond motifs is 1. The van der Waals surface area contributed by atoms with Gasteiger partial charge in [0.15, 0.2) is 23.8 Å². The van der Waals surface area contributed by atoms with E-state index in [-0.39, 0.29) is 12.4 Å². The van der Waals surface area contributed by atoms with E-state index >= 15 is 0 Å². The van der Waals surface area contributed by atoms with Gasteiger partial charge < -0.3 is 14.4 Å². The van der Waals surface area contributed by atoms with Crippen molar-refractivity contribution < 1.29 is 50.7 Å². The fraction of sp³-hybridized carbons (Fsp3) is 0.444. The summed E-state index contributed by atoms with van der Waals surface area (Å²) in [5.41, 5.74) is -2.42. The highest BCUT2D eigenvalue weighted by Gasteiger charge is 2.63. The quantitative estimate of drug-likeness (QED) is 0.522. The predicted molar refractivity (Wildman–Crippen MR) is 95.5 cm³/mol. The SMILES string of the molecule is O=C1C=CN([C@@H]2O[C@@](COP3(=O)OCc4ccccc4O3)(C(F)F)[C@@H](O)[C@@H]2F)C(=O)C1. The van der Waals surface area contributed by atoms with Gasteiger partial charge in [0.2, 0.25) is 5.91 Å². The predicted octanol–water partition coefficient (Wildman–Crippen LogP) is 2.09. The summed E-state index contributed by atoms with van der Waals surface area (Å²) in [5, 5.41) is 10.2. The van der Waals surface area contributed by atoms with Crippen LogP contribution < -0.4 is 4.52 Å². The van der Waals surface area contributed by atoms with Gasteiger partial charge in [0.1, 0.15) is 11.9 Å². The van der Waals surface area contributed by atoms with Crippen LogP contribution in [0.1, 0.15) is 12.0 Å². The number of alkyl halides is 3. The van der Waals surface area contributed by atoms with Crippen LogP contribution >= 0.6 is 7.82 Å². The zero-order valence-electron chi connectivity index (χ0n) is 15.7. The minimum atomic E-state index is -4.39. The zero-order chi connectivity index (χ0) is 22.4. The molecule has 3 heterocycles. The Labute approximate surface area is 173 Å². The maximum atomic E-state index is 14.7. The summed E-state index contributed by atoms with van der Waals surface area (Å²) in [6, 6.07) is 6.38. The lowest BCUT2D eigenvalue weighted by Gasteiger charge is -2.33. The lowest BCUT2D eigenvalue weighted by Crippen LogP contribution is -2.52. The zero-order valence-corrected chi connectivity index (χ0v) is 16.6. The molecule has 1 N–H and O–H groups in total. The molecule has 13 heteroatoms. The van der Waals surface area contributed by atoms with E-state index in [1.54, 1.807) is 18.2 Å². The van der Waals surface area contributed by atoms with Gasteiger partial charge in [-0.25, -0.2) is 17.7 Å². The van der Waals surface area contributed by atoms with E-state index in [0.717, 1.165) is 12.3 Å². The van der Waals surface area contributed by atoms with Crippen LogP contribution in [0.5, 0.6) is 5.75 Å². The monoisotopic (exact) mass is 463 g/mol. The van der Waals surface area contributed by atoms with Crippen LogP contribution in [0.25, 0.3) is 0 Å². The number of phosphoric acid groups is 1. The molecule has 0 saturated carbocycles. The number of benzene rings is 1. The number of carbonyl (C=O) groups excluding carboxylic acids is 2. The minimum Gasteiger partial charge on any atom is -0.404 e. The number of para-hydroxylation sites is 1. The van der Waals surface area contributed by atoms with Crippen molar-refractivity contribution in [2.75, 3.05) is 6.61 Å². The summed E-state index contributed by atoms with van der Waals surface area (Å²) in [7, 11) is -4.39. The molecule has 1 fully saturated rings. The molecule has 0 radical (unpaired) electrons. The van der Waals surface area contributed by atoms with Gasteiger partial charge in [0.05, 0.1) is 19.6 Å². The van der Waals surface area contributed by atoms with Gasteiger partial charge in [-0.2, -0.15) is 0 Å². The molecule has 0 aromatic heterocycles. The second-order valence-corrected chi connectivity index (χ2v) is 8.70. The van der Waals surface area contributed by atoms with Crippen molar-refractivity contribution in [2.24, 2.45) is 0 Å². The third-order valence-electron chi connectivity index (χ3n) is 5.10. The van der Waals surface area contributed by atoms with Gasteiger partial charge in [0.25, 0.3) is 6.43 Å². The number of rotatable bonds is 5. The fourth-order valence-electron chi connectivity index (χ4n) is 3.38. The number of ether oxygens (including phenoxy) is 1. The summed E-state index contributed by atoms with van der Waals surface area (Å²) in [4.78, 5) is 23.9. The number of hydrogen-bond donors (Lipinski definition) is 1. The topological polar surface area (TPSA) is 112 Å². The molecule has 3 aliphatic heterocycles. The largest absolute Gasteiger partial charge is 0.530 e. The summed E-state index contributed by atoms with van der Waals surface area (Å²) in [6.07, 6.45) is -9.10. The van der Waals surface area contributed by atoms with Crippen molar-refractivity contribution in [2.45, 2.75) is 43.6 Å². The molecule has 1 aromatic rings. The first kappa shape index (κ1) is 22.0. The molecular weight excluding hydrogens is 446 g/mol. The highest BCUT2D eigenvalue weighted by Crippen LogP contribution is 2.55. The van der Waals surface area contributed by atoms with Crippen LogP contribution in [0.3, 0.4) is 0 Å². The molecule has 1 aromatic carbocycles. The molecule has 1 amide bonds. The third kappa shape index (κ3) is 3.90. The summed E-state index contributed by atoms with van der Waals surface area (Å²) in [5.74, 6) is -1.28.